The van der Waals surface area contributed by atoms with Crippen molar-refractivity contribution in [3.8, 4) is 5.69 Å². The molecule has 5 rings (SSSR count). The Bertz CT molecular complexity index is 1150. The van der Waals surface area contributed by atoms with E-state index in [1.54, 1.807) is 11.0 Å². The van der Waals surface area contributed by atoms with Gasteiger partial charge < -0.3 is 9.80 Å². The first-order valence-corrected chi connectivity index (χ1v) is 9.94. The first-order chi connectivity index (χ1) is 15.3. The van der Waals surface area contributed by atoms with Crippen molar-refractivity contribution in [3.63, 3.8) is 0 Å². The minimum absolute atomic E-state index is 0.0371. The zero-order chi connectivity index (χ0) is 22.5. The highest BCUT2D eigenvalue weighted by Gasteiger charge is 2.46. The molecular weight excluding hydrogens is 430 g/mol. The zero-order valence-electron chi connectivity index (χ0n) is 16.6. The Morgan fingerprint density at radius 2 is 1.84 bits per heavy atom. The molecule has 2 saturated heterocycles. The largest absolute Gasteiger partial charge is 0.433 e. The molecule has 2 unspecified atom stereocenters. The summed E-state index contributed by atoms with van der Waals surface area (Å²) in [5.74, 6) is -1.06. The smallest absolute Gasteiger partial charge is 0.339 e. The van der Waals surface area contributed by atoms with Gasteiger partial charge in [-0.25, -0.2) is 14.4 Å². The van der Waals surface area contributed by atoms with Crippen LogP contribution in [0.5, 0.6) is 0 Å². The van der Waals surface area contributed by atoms with Crippen LogP contribution in [0, 0.1) is 11.7 Å². The summed E-state index contributed by atoms with van der Waals surface area (Å²) in [6.45, 7) is 1.19. The Hall–Kier alpha value is -3.57. The molecule has 0 spiro atoms. The van der Waals surface area contributed by atoms with E-state index in [0.717, 1.165) is 12.3 Å². The van der Waals surface area contributed by atoms with Gasteiger partial charge in [0.1, 0.15) is 22.8 Å². The molecule has 2 fully saturated rings. The molecule has 12 heteroatoms. The molecule has 2 aliphatic heterocycles. The number of amides is 1. The summed E-state index contributed by atoms with van der Waals surface area (Å²) in [5, 5.41) is 7.97. The SMILES string of the molecule is O=C(c1c(F)cccc1-n1nccn1)N1CC2CCN(c3nccc(C(F)(F)F)n3)CC21. The molecule has 2 atom stereocenters. The zero-order valence-corrected chi connectivity index (χ0v) is 16.6. The molecule has 1 amide bonds. The lowest BCUT2D eigenvalue weighted by atomic mass is 9.81. The molecule has 32 heavy (non-hydrogen) atoms. The average Bonchev–Trinajstić information content (AvgIpc) is 3.28. The molecule has 166 valence electrons. The van der Waals surface area contributed by atoms with Crippen LogP contribution in [0.25, 0.3) is 5.69 Å². The normalized spacial score (nSPS) is 20.6. The van der Waals surface area contributed by atoms with Gasteiger partial charge in [-0.15, -0.1) is 0 Å². The van der Waals surface area contributed by atoms with Crippen LogP contribution in [0.15, 0.2) is 42.9 Å². The summed E-state index contributed by atoms with van der Waals surface area (Å²) in [4.78, 5) is 25.2. The molecule has 0 radical (unpaired) electrons. The van der Waals surface area contributed by atoms with Gasteiger partial charge in [0.05, 0.1) is 18.4 Å². The second-order valence-electron chi connectivity index (χ2n) is 7.71. The van der Waals surface area contributed by atoms with E-state index >= 15 is 0 Å². The second-order valence-corrected chi connectivity index (χ2v) is 7.71. The molecule has 0 bridgehead atoms. The molecule has 4 heterocycles. The maximum absolute atomic E-state index is 14.7. The lowest BCUT2D eigenvalue weighted by Gasteiger charge is -2.53. The summed E-state index contributed by atoms with van der Waals surface area (Å²) < 4.78 is 53.8. The summed E-state index contributed by atoms with van der Waals surface area (Å²) in [7, 11) is 0. The van der Waals surface area contributed by atoms with Crippen molar-refractivity contribution in [3.05, 3.63) is 59.9 Å². The number of aromatic nitrogens is 5. The van der Waals surface area contributed by atoms with E-state index in [-0.39, 0.29) is 35.7 Å². The quantitative estimate of drug-likeness (QED) is 0.575. The predicted octanol–water partition coefficient (Wildman–Crippen LogP) is 2.57. The molecule has 2 aliphatic rings. The van der Waals surface area contributed by atoms with Crippen LogP contribution in [0.3, 0.4) is 0 Å². The highest BCUT2D eigenvalue weighted by Crippen LogP contribution is 2.36. The number of likely N-dealkylation sites (tertiary alicyclic amines) is 1. The fourth-order valence-corrected chi connectivity index (χ4v) is 4.24. The molecular formula is C20H17F4N7O. The molecule has 0 aliphatic carbocycles. The van der Waals surface area contributed by atoms with Gasteiger partial charge in [0.2, 0.25) is 5.95 Å². The lowest BCUT2D eigenvalue weighted by molar-refractivity contribution is -0.141. The van der Waals surface area contributed by atoms with Gasteiger partial charge in [0, 0.05) is 31.7 Å². The average molecular weight is 447 g/mol. The first kappa shape index (κ1) is 20.3. The molecule has 1 aromatic carbocycles. The van der Waals surface area contributed by atoms with E-state index in [0.29, 0.717) is 19.5 Å². The van der Waals surface area contributed by atoms with Crippen molar-refractivity contribution in [2.75, 3.05) is 24.5 Å². The van der Waals surface area contributed by atoms with E-state index in [1.807, 2.05) is 0 Å². The number of piperidine rings is 1. The number of alkyl halides is 3. The van der Waals surface area contributed by atoms with Gasteiger partial charge in [-0.05, 0) is 24.6 Å². The first-order valence-electron chi connectivity index (χ1n) is 9.94. The monoisotopic (exact) mass is 447 g/mol. The summed E-state index contributed by atoms with van der Waals surface area (Å²) in [5.41, 5.74) is -0.944. The Balaban J connectivity index is 1.39. The van der Waals surface area contributed by atoms with Crippen LogP contribution < -0.4 is 4.90 Å². The van der Waals surface area contributed by atoms with Crippen LogP contribution in [-0.2, 0) is 6.18 Å². The number of rotatable bonds is 3. The number of nitrogens with zero attached hydrogens (tertiary/aromatic N) is 7. The van der Waals surface area contributed by atoms with Crippen LogP contribution in [0.2, 0.25) is 0 Å². The molecule has 0 N–H and O–H groups in total. The van der Waals surface area contributed by atoms with Crippen molar-refractivity contribution in [2.45, 2.75) is 18.6 Å². The van der Waals surface area contributed by atoms with Gasteiger partial charge in [-0.1, -0.05) is 6.07 Å². The lowest BCUT2D eigenvalue weighted by Crippen LogP contribution is -2.66. The van der Waals surface area contributed by atoms with E-state index in [2.05, 4.69) is 20.2 Å². The third-order valence-electron chi connectivity index (χ3n) is 5.87. The summed E-state index contributed by atoms with van der Waals surface area (Å²) >= 11 is 0. The highest BCUT2D eigenvalue weighted by atomic mass is 19.4. The number of anilines is 1. The third kappa shape index (κ3) is 3.45. The van der Waals surface area contributed by atoms with E-state index < -0.39 is 23.6 Å². The topological polar surface area (TPSA) is 80.0 Å². The Labute approximate surface area is 179 Å². The molecule has 0 saturated carbocycles. The van der Waals surface area contributed by atoms with Gasteiger partial charge >= 0.3 is 6.18 Å². The Morgan fingerprint density at radius 3 is 2.59 bits per heavy atom. The van der Waals surface area contributed by atoms with E-state index in [4.69, 9.17) is 0 Å². The van der Waals surface area contributed by atoms with Gasteiger partial charge in [0.25, 0.3) is 5.91 Å². The number of hydrogen-bond acceptors (Lipinski definition) is 6. The van der Waals surface area contributed by atoms with Crippen LogP contribution in [0.1, 0.15) is 22.5 Å². The fourth-order valence-electron chi connectivity index (χ4n) is 4.24. The minimum atomic E-state index is -4.57. The number of halogens is 4. The minimum Gasteiger partial charge on any atom is -0.339 e. The summed E-state index contributed by atoms with van der Waals surface area (Å²) in [6.07, 6.45) is 0.0125. The Kier molecular flexibility index (Phi) is 4.79. The van der Waals surface area contributed by atoms with Gasteiger partial charge in [0.15, 0.2) is 0 Å². The molecule has 3 aromatic rings. The molecule has 8 nitrogen and oxygen atoms in total. The number of carbonyl (C=O) groups is 1. The summed E-state index contributed by atoms with van der Waals surface area (Å²) in [6, 6.07) is 4.75. The second kappa shape index (κ2) is 7.53. The van der Waals surface area contributed by atoms with Crippen molar-refractivity contribution in [1.82, 2.24) is 29.9 Å². The van der Waals surface area contributed by atoms with Gasteiger partial charge in [-0.2, -0.15) is 28.2 Å². The number of carbonyl (C=O) groups excluding carboxylic acids is 1. The van der Waals surface area contributed by atoms with Crippen molar-refractivity contribution in [2.24, 2.45) is 5.92 Å². The number of benzene rings is 1. The third-order valence-corrected chi connectivity index (χ3v) is 5.87. The van der Waals surface area contributed by atoms with E-state index in [1.165, 1.54) is 34.2 Å². The molecule has 2 aromatic heterocycles. The van der Waals surface area contributed by atoms with Crippen LogP contribution in [0.4, 0.5) is 23.5 Å². The van der Waals surface area contributed by atoms with Crippen LogP contribution in [-0.4, -0.2) is 61.4 Å². The van der Waals surface area contributed by atoms with Crippen molar-refractivity contribution in [1.29, 1.82) is 0 Å². The van der Waals surface area contributed by atoms with E-state index in [9.17, 15) is 22.4 Å². The maximum atomic E-state index is 14.7. The van der Waals surface area contributed by atoms with Crippen molar-refractivity contribution >= 4 is 11.9 Å². The highest BCUT2D eigenvalue weighted by molar-refractivity contribution is 5.98. The van der Waals surface area contributed by atoms with Crippen LogP contribution >= 0.6 is 0 Å². The predicted molar refractivity (Wildman–Crippen MR) is 103 cm³/mol. The van der Waals surface area contributed by atoms with Crippen molar-refractivity contribution < 1.29 is 22.4 Å². The number of fused-ring (bicyclic) bond motifs is 1. The number of hydrogen-bond donors (Lipinski definition) is 0. The van der Waals surface area contributed by atoms with Gasteiger partial charge in [-0.3, -0.25) is 4.79 Å². The maximum Gasteiger partial charge on any atom is 0.433 e. The fraction of sp³-hybridized carbons (Fsp3) is 0.350. The Morgan fingerprint density at radius 1 is 1.06 bits per heavy atom. The standard InChI is InChI=1S/C20H17F4N7O/c21-13-2-1-3-14(31-26-7-8-27-31)17(13)18(32)30-10-12-5-9-29(11-15(12)30)19-25-6-4-16(28-19)20(22,23)24/h1-4,6-8,12,15H,5,9-11H2.